The number of nitrogens with one attached hydrogen (secondary N) is 2. The number of pyridine rings is 1. The quantitative estimate of drug-likeness (QED) is 0.349. The monoisotopic (exact) mass is 356 g/mol. The van der Waals surface area contributed by atoms with E-state index in [0.29, 0.717) is 21.8 Å². The average molecular weight is 357 g/mol. The lowest BCUT2D eigenvalue weighted by Crippen LogP contribution is -2.27. The maximum atomic E-state index is 11.1. The van der Waals surface area contributed by atoms with Crippen molar-refractivity contribution in [2.45, 2.75) is 12.8 Å². The SMILES string of the molecule is O=C(O)CCc1nc2cccc(Br)n2c1NCC(=O)NO. The van der Waals surface area contributed by atoms with E-state index in [9.17, 15) is 9.59 Å². The number of halogens is 1. The Morgan fingerprint density at radius 2 is 2.14 bits per heavy atom. The summed E-state index contributed by atoms with van der Waals surface area (Å²) in [4.78, 5) is 26.2. The third-order valence-electron chi connectivity index (χ3n) is 2.78. The summed E-state index contributed by atoms with van der Waals surface area (Å²) in [5.41, 5.74) is 2.68. The number of carboxylic acid groups (broad SMARTS) is 1. The highest BCUT2D eigenvalue weighted by Gasteiger charge is 2.15. The summed E-state index contributed by atoms with van der Waals surface area (Å²) >= 11 is 3.38. The summed E-state index contributed by atoms with van der Waals surface area (Å²) in [6.45, 7) is -0.161. The van der Waals surface area contributed by atoms with Crippen LogP contribution in [0.1, 0.15) is 12.1 Å². The molecule has 2 aromatic rings. The Labute approximate surface area is 127 Å². The van der Waals surface area contributed by atoms with Crippen LogP contribution in [0.2, 0.25) is 0 Å². The minimum absolute atomic E-state index is 0.0671. The first kappa shape index (κ1) is 15.3. The topological polar surface area (TPSA) is 116 Å². The fourth-order valence-electron chi connectivity index (χ4n) is 1.89. The third kappa shape index (κ3) is 3.50. The van der Waals surface area contributed by atoms with Gasteiger partial charge in [0.15, 0.2) is 0 Å². The second-order valence-corrected chi connectivity index (χ2v) is 5.04. The number of carbonyl (C=O) groups is 2. The van der Waals surface area contributed by atoms with E-state index in [1.54, 1.807) is 22.6 Å². The van der Waals surface area contributed by atoms with E-state index in [-0.39, 0.29) is 19.4 Å². The number of rotatable bonds is 6. The predicted molar refractivity (Wildman–Crippen MR) is 77.3 cm³/mol. The fourth-order valence-corrected chi connectivity index (χ4v) is 2.40. The molecular formula is C12H13BrN4O4. The maximum absolute atomic E-state index is 11.1. The van der Waals surface area contributed by atoms with Crippen LogP contribution in [0.3, 0.4) is 0 Å². The highest BCUT2D eigenvalue weighted by Crippen LogP contribution is 2.24. The summed E-state index contributed by atoms with van der Waals surface area (Å²) in [7, 11) is 0. The molecule has 2 rings (SSSR count). The van der Waals surface area contributed by atoms with Crippen molar-refractivity contribution in [3.8, 4) is 0 Å². The number of nitrogens with zero attached hydrogens (tertiary/aromatic N) is 2. The smallest absolute Gasteiger partial charge is 0.303 e. The van der Waals surface area contributed by atoms with Crippen LogP contribution in [0.4, 0.5) is 5.82 Å². The molecule has 0 fully saturated rings. The van der Waals surface area contributed by atoms with Gasteiger partial charge in [-0.1, -0.05) is 6.07 Å². The lowest BCUT2D eigenvalue weighted by molar-refractivity contribution is -0.137. The number of hydrogen-bond acceptors (Lipinski definition) is 5. The van der Waals surface area contributed by atoms with Gasteiger partial charge in [0.1, 0.15) is 11.5 Å². The Morgan fingerprint density at radius 1 is 1.38 bits per heavy atom. The molecule has 0 radical (unpaired) electrons. The first-order valence-corrected chi connectivity index (χ1v) is 6.86. The van der Waals surface area contributed by atoms with Gasteiger partial charge in [-0.25, -0.2) is 10.5 Å². The molecule has 0 saturated carbocycles. The van der Waals surface area contributed by atoms with Gasteiger partial charge in [-0.15, -0.1) is 0 Å². The van der Waals surface area contributed by atoms with Gasteiger partial charge < -0.3 is 10.4 Å². The molecule has 8 nitrogen and oxygen atoms in total. The van der Waals surface area contributed by atoms with Crippen LogP contribution < -0.4 is 10.8 Å². The third-order valence-corrected chi connectivity index (χ3v) is 3.40. The van der Waals surface area contributed by atoms with Crippen LogP contribution in [0.5, 0.6) is 0 Å². The van der Waals surface area contributed by atoms with Crippen molar-refractivity contribution in [1.29, 1.82) is 0 Å². The largest absolute Gasteiger partial charge is 0.481 e. The Balaban J connectivity index is 2.38. The molecule has 112 valence electrons. The van der Waals surface area contributed by atoms with Gasteiger partial charge in [-0.05, 0) is 28.1 Å². The predicted octanol–water partition coefficient (Wildman–Crippen LogP) is 1.03. The van der Waals surface area contributed by atoms with Crippen LogP contribution in [-0.2, 0) is 16.0 Å². The zero-order chi connectivity index (χ0) is 15.4. The fraction of sp³-hybridized carbons (Fsp3) is 0.250. The molecule has 2 heterocycles. The molecule has 1 amide bonds. The molecule has 0 unspecified atom stereocenters. The van der Waals surface area contributed by atoms with Gasteiger partial charge >= 0.3 is 5.97 Å². The number of hydrogen-bond donors (Lipinski definition) is 4. The number of hydroxylamine groups is 1. The average Bonchev–Trinajstić information content (AvgIpc) is 2.81. The van der Waals surface area contributed by atoms with Gasteiger partial charge in [-0.2, -0.15) is 0 Å². The van der Waals surface area contributed by atoms with Crippen molar-refractivity contribution in [3.63, 3.8) is 0 Å². The van der Waals surface area contributed by atoms with Crippen molar-refractivity contribution in [2.75, 3.05) is 11.9 Å². The van der Waals surface area contributed by atoms with E-state index >= 15 is 0 Å². The molecule has 2 aromatic heterocycles. The number of aryl methyl sites for hydroxylation is 1. The Bertz CT molecular complexity index is 685. The zero-order valence-electron chi connectivity index (χ0n) is 10.8. The minimum atomic E-state index is -0.926. The number of carbonyl (C=O) groups excluding carboxylic acids is 1. The van der Waals surface area contributed by atoms with Crippen LogP contribution in [0.15, 0.2) is 22.8 Å². The molecule has 0 aliphatic heterocycles. The molecule has 0 aromatic carbocycles. The number of imidazole rings is 1. The van der Waals surface area contributed by atoms with E-state index in [0.717, 1.165) is 0 Å². The van der Waals surface area contributed by atoms with Crippen LogP contribution >= 0.6 is 15.9 Å². The van der Waals surface area contributed by atoms with E-state index in [1.807, 2.05) is 0 Å². The molecule has 4 N–H and O–H groups in total. The molecule has 0 aliphatic rings. The van der Waals surface area contributed by atoms with Gasteiger partial charge in [0.25, 0.3) is 5.91 Å². The summed E-state index contributed by atoms with van der Waals surface area (Å²) in [5, 5.41) is 20.2. The number of anilines is 1. The standard InChI is InChI=1S/C12H13BrN4O4/c13-8-2-1-3-9-15-7(4-5-11(19)20)12(17(8)9)14-6-10(18)16-21/h1-3,14,21H,4-6H2,(H,16,18)(H,19,20). The lowest BCUT2D eigenvalue weighted by Gasteiger charge is -2.08. The number of amides is 1. The number of aromatic nitrogens is 2. The van der Waals surface area contributed by atoms with Gasteiger partial charge in [0, 0.05) is 6.42 Å². The Morgan fingerprint density at radius 3 is 2.81 bits per heavy atom. The van der Waals surface area contributed by atoms with E-state index in [4.69, 9.17) is 10.3 Å². The Kier molecular flexibility index (Phi) is 4.76. The minimum Gasteiger partial charge on any atom is -0.481 e. The normalized spacial score (nSPS) is 10.6. The molecule has 0 atom stereocenters. The number of aliphatic carboxylic acids is 1. The van der Waals surface area contributed by atoms with Crippen LogP contribution in [0.25, 0.3) is 5.65 Å². The molecule has 0 aliphatic carbocycles. The van der Waals surface area contributed by atoms with Crippen LogP contribution in [0, 0.1) is 0 Å². The van der Waals surface area contributed by atoms with E-state index in [1.165, 1.54) is 5.48 Å². The molecule has 21 heavy (non-hydrogen) atoms. The highest BCUT2D eigenvalue weighted by atomic mass is 79.9. The van der Waals surface area contributed by atoms with Crippen molar-refractivity contribution in [3.05, 3.63) is 28.5 Å². The van der Waals surface area contributed by atoms with Gasteiger partial charge in [0.2, 0.25) is 0 Å². The summed E-state index contributed by atoms with van der Waals surface area (Å²) in [6.07, 6.45) is 0.162. The first-order chi connectivity index (χ1) is 10.0. The number of fused-ring (bicyclic) bond motifs is 1. The van der Waals surface area contributed by atoms with Crippen molar-refractivity contribution < 1.29 is 19.9 Å². The second-order valence-electron chi connectivity index (χ2n) is 4.23. The van der Waals surface area contributed by atoms with Gasteiger partial charge in [0.05, 0.1) is 23.3 Å². The summed E-state index contributed by atoms with van der Waals surface area (Å²) < 4.78 is 2.43. The zero-order valence-corrected chi connectivity index (χ0v) is 12.4. The van der Waals surface area contributed by atoms with E-state index in [2.05, 4.69) is 26.2 Å². The maximum Gasteiger partial charge on any atom is 0.303 e. The molecular weight excluding hydrogens is 344 g/mol. The molecule has 9 heteroatoms. The molecule has 0 spiro atoms. The molecule has 0 saturated heterocycles. The van der Waals surface area contributed by atoms with Crippen molar-refractivity contribution >= 4 is 39.3 Å². The van der Waals surface area contributed by atoms with Crippen molar-refractivity contribution in [1.82, 2.24) is 14.9 Å². The van der Waals surface area contributed by atoms with Crippen molar-refractivity contribution in [2.24, 2.45) is 0 Å². The van der Waals surface area contributed by atoms with E-state index < -0.39 is 11.9 Å². The summed E-state index contributed by atoms with van der Waals surface area (Å²) in [6, 6.07) is 5.37. The first-order valence-electron chi connectivity index (χ1n) is 6.07. The highest BCUT2D eigenvalue weighted by molar-refractivity contribution is 9.10. The Hall–Kier alpha value is -2.13. The number of carboxylic acids is 1. The second kappa shape index (κ2) is 6.55. The lowest BCUT2D eigenvalue weighted by atomic mass is 10.2. The van der Waals surface area contributed by atoms with Crippen LogP contribution in [-0.4, -0.2) is 38.1 Å². The summed E-state index contributed by atoms with van der Waals surface area (Å²) in [5.74, 6) is -1.02. The van der Waals surface area contributed by atoms with Gasteiger partial charge in [-0.3, -0.25) is 19.2 Å². The molecule has 0 bridgehead atoms.